The van der Waals surface area contributed by atoms with E-state index in [0.29, 0.717) is 49.5 Å². The molecule has 204 valence electrons. The van der Waals surface area contributed by atoms with Crippen molar-refractivity contribution in [3.05, 3.63) is 59.8 Å². The first-order valence-electron chi connectivity index (χ1n) is 12.9. The zero-order valence-electron chi connectivity index (χ0n) is 21.5. The van der Waals surface area contributed by atoms with E-state index in [1.54, 1.807) is 23.8 Å². The zero-order valence-corrected chi connectivity index (χ0v) is 21.5. The number of carboxylic acid groups (broad SMARTS) is 1. The van der Waals surface area contributed by atoms with Crippen LogP contribution in [0.1, 0.15) is 50.7 Å². The van der Waals surface area contributed by atoms with Gasteiger partial charge in [-0.1, -0.05) is 20.3 Å². The second-order valence-electron chi connectivity index (χ2n) is 9.27. The number of carboxylic acids is 1. The third-order valence-electron chi connectivity index (χ3n) is 6.45. The number of halogens is 3. The van der Waals surface area contributed by atoms with E-state index in [2.05, 4.69) is 0 Å². The second kappa shape index (κ2) is 11.8. The van der Waals surface area contributed by atoms with Gasteiger partial charge in [0.15, 0.2) is 0 Å². The van der Waals surface area contributed by atoms with Crippen LogP contribution in [-0.2, 0) is 17.8 Å². The fourth-order valence-electron chi connectivity index (χ4n) is 4.62. The molecule has 0 radical (unpaired) electrons. The number of aromatic nitrogens is 1. The number of unbranched alkanes of at least 4 members (excludes halogenated alkanes) is 1. The van der Waals surface area contributed by atoms with Gasteiger partial charge in [0.2, 0.25) is 0 Å². The van der Waals surface area contributed by atoms with Crippen LogP contribution in [0.4, 0.5) is 13.2 Å². The van der Waals surface area contributed by atoms with Crippen LogP contribution in [0.25, 0.3) is 16.5 Å². The van der Waals surface area contributed by atoms with E-state index in [1.165, 1.54) is 12.1 Å². The number of hydrogen-bond donors (Lipinski definition) is 1. The molecule has 2 heterocycles. The molecule has 1 aliphatic rings. The summed E-state index contributed by atoms with van der Waals surface area (Å²) in [6, 6.07) is 10.4. The summed E-state index contributed by atoms with van der Waals surface area (Å²) in [5, 5.41) is 9.91. The monoisotopic (exact) mass is 531 g/mol. The van der Waals surface area contributed by atoms with Crippen molar-refractivity contribution < 1.29 is 37.3 Å². The predicted molar refractivity (Wildman–Crippen MR) is 139 cm³/mol. The summed E-state index contributed by atoms with van der Waals surface area (Å²) in [5.74, 6) is 0.633. The molecule has 0 saturated carbocycles. The Kier molecular flexibility index (Phi) is 8.54. The molecule has 0 unspecified atom stereocenters. The molecule has 1 atom stereocenters. The molecular weight excluding hydrogens is 499 g/mol. The number of alkyl halides is 3. The van der Waals surface area contributed by atoms with Crippen LogP contribution in [0.15, 0.2) is 48.7 Å². The third-order valence-corrected chi connectivity index (χ3v) is 6.45. The molecule has 0 saturated heterocycles. The van der Waals surface area contributed by atoms with E-state index in [4.69, 9.17) is 19.3 Å². The van der Waals surface area contributed by atoms with Gasteiger partial charge in [-0.2, -0.15) is 13.2 Å². The Morgan fingerprint density at radius 1 is 1.08 bits per heavy atom. The lowest BCUT2D eigenvalue weighted by atomic mass is 9.94. The third kappa shape index (κ3) is 6.26. The van der Waals surface area contributed by atoms with Gasteiger partial charge >= 0.3 is 12.1 Å². The Morgan fingerprint density at radius 3 is 2.53 bits per heavy atom. The SMILES string of the molecule is CCCc1c(OCCCCOc2ccc3c(ccn3CC(=O)O)c2)ccc2c1O[C@@H](CC)C=C2C(F)(F)F. The summed E-state index contributed by atoms with van der Waals surface area (Å²) in [5.41, 5.74) is 0.927. The highest BCUT2D eigenvalue weighted by atomic mass is 19.4. The molecule has 4 rings (SSSR count). The van der Waals surface area contributed by atoms with E-state index >= 15 is 0 Å². The average Bonchev–Trinajstić information content (AvgIpc) is 3.27. The zero-order chi connectivity index (χ0) is 27.3. The fraction of sp³-hybridized carbons (Fsp3) is 0.414. The van der Waals surface area contributed by atoms with Gasteiger partial charge in [0.1, 0.15) is 29.9 Å². The van der Waals surface area contributed by atoms with Gasteiger partial charge in [-0.15, -0.1) is 0 Å². The molecule has 0 spiro atoms. The van der Waals surface area contributed by atoms with E-state index in [-0.39, 0.29) is 17.9 Å². The van der Waals surface area contributed by atoms with Crippen LogP contribution in [0, 0.1) is 0 Å². The van der Waals surface area contributed by atoms with Crippen LogP contribution in [0.3, 0.4) is 0 Å². The van der Waals surface area contributed by atoms with E-state index < -0.39 is 23.8 Å². The number of fused-ring (bicyclic) bond motifs is 2. The topological polar surface area (TPSA) is 69.9 Å². The van der Waals surface area contributed by atoms with Gasteiger partial charge in [-0.3, -0.25) is 4.79 Å². The predicted octanol–water partition coefficient (Wildman–Crippen LogP) is 7.03. The number of carbonyl (C=O) groups is 1. The molecule has 1 N–H and O–H groups in total. The van der Waals surface area contributed by atoms with Crippen LogP contribution in [0.5, 0.6) is 17.2 Å². The Morgan fingerprint density at radius 2 is 1.84 bits per heavy atom. The molecule has 2 aromatic carbocycles. The van der Waals surface area contributed by atoms with Crippen molar-refractivity contribution in [3.63, 3.8) is 0 Å². The quantitative estimate of drug-likeness (QED) is 0.254. The molecule has 6 nitrogen and oxygen atoms in total. The van der Waals surface area contributed by atoms with Crippen LogP contribution in [-0.4, -0.2) is 41.1 Å². The number of nitrogens with zero attached hydrogens (tertiary/aromatic N) is 1. The minimum atomic E-state index is -4.45. The lowest BCUT2D eigenvalue weighted by molar-refractivity contribution is -0.137. The number of hydrogen-bond acceptors (Lipinski definition) is 4. The number of benzene rings is 2. The molecule has 38 heavy (non-hydrogen) atoms. The number of allylic oxidation sites excluding steroid dienone is 1. The normalized spacial score (nSPS) is 15.1. The summed E-state index contributed by atoms with van der Waals surface area (Å²) in [4.78, 5) is 11.0. The maximum absolute atomic E-state index is 13.7. The first-order chi connectivity index (χ1) is 18.2. The van der Waals surface area contributed by atoms with Crippen molar-refractivity contribution in [3.8, 4) is 17.2 Å². The van der Waals surface area contributed by atoms with E-state index in [0.717, 1.165) is 23.7 Å². The maximum atomic E-state index is 13.7. The molecule has 1 aliphatic heterocycles. The van der Waals surface area contributed by atoms with Gasteiger partial charge in [0.05, 0.1) is 18.8 Å². The van der Waals surface area contributed by atoms with Crippen LogP contribution in [0.2, 0.25) is 0 Å². The molecule has 0 fully saturated rings. The number of aliphatic carboxylic acids is 1. The first-order valence-corrected chi connectivity index (χ1v) is 12.9. The lowest BCUT2D eigenvalue weighted by Crippen LogP contribution is -2.24. The van der Waals surface area contributed by atoms with Crippen LogP contribution < -0.4 is 14.2 Å². The summed E-state index contributed by atoms with van der Waals surface area (Å²) < 4.78 is 60.7. The highest BCUT2D eigenvalue weighted by Gasteiger charge is 2.40. The molecule has 1 aromatic heterocycles. The minimum absolute atomic E-state index is 0.0710. The van der Waals surface area contributed by atoms with Crippen LogP contribution >= 0.6 is 0 Å². The van der Waals surface area contributed by atoms with Crippen molar-refractivity contribution >= 4 is 22.4 Å². The highest BCUT2D eigenvalue weighted by Crippen LogP contribution is 2.46. The highest BCUT2D eigenvalue weighted by molar-refractivity contribution is 5.83. The van der Waals surface area contributed by atoms with Gasteiger partial charge in [-0.05, 0) is 68.2 Å². The molecule has 0 amide bonds. The molecule has 0 aliphatic carbocycles. The number of rotatable bonds is 12. The second-order valence-corrected chi connectivity index (χ2v) is 9.27. The van der Waals surface area contributed by atoms with E-state index in [1.807, 2.05) is 31.2 Å². The summed E-state index contributed by atoms with van der Waals surface area (Å²) >= 11 is 0. The Balaban J connectivity index is 1.34. The molecule has 9 heteroatoms. The van der Waals surface area contributed by atoms with E-state index in [9.17, 15) is 18.0 Å². The van der Waals surface area contributed by atoms with Gasteiger partial charge in [0.25, 0.3) is 0 Å². The van der Waals surface area contributed by atoms with Gasteiger partial charge < -0.3 is 23.9 Å². The smallest absolute Gasteiger partial charge is 0.416 e. The standard InChI is InChI=1S/C29H32F3NO5/c1-3-7-23-26(11-9-22-24(29(30,31)32)17-20(4-2)38-28(22)23)37-15-6-5-14-36-21-8-10-25-19(16-21)12-13-33(25)18-27(34)35/h8-13,16-17,20H,3-7,14-15,18H2,1-2H3,(H,34,35)/t20-/m0/s1. The summed E-state index contributed by atoms with van der Waals surface area (Å²) in [7, 11) is 0. The maximum Gasteiger partial charge on any atom is 0.416 e. The molecule has 0 bridgehead atoms. The summed E-state index contributed by atoms with van der Waals surface area (Å²) in [6.45, 7) is 4.54. The fourth-order valence-corrected chi connectivity index (χ4v) is 4.62. The minimum Gasteiger partial charge on any atom is -0.494 e. The molecule has 3 aromatic rings. The van der Waals surface area contributed by atoms with Crippen molar-refractivity contribution in [2.45, 2.75) is 64.8 Å². The number of ether oxygens (including phenoxy) is 3. The first kappa shape index (κ1) is 27.4. The van der Waals surface area contributed by atoms with Crippen molar-refractivity contribution in [2.24, 2.45) is 0 Å². The Labute approximate surface area is 219 Å². The Bertz CT molecular complexity index is 1310. The van der Waals surface area contributed by atoms with Crippen molar-refractivity contribution in [1.82, 2.24) is 4.57 Å². The summed E-state index contributed by atoms with van der Waals surface area (Å²) in [6.07, 6.45) is 0.991. The lowest BCUT2D eigenvalue weighted by Gasteiger charge is -2.29. The molecular formula is C29H32F3NO5. The largest absolute Gasteiger partial charge is 0.494 e. The van der Waals surface area contributed by atoms with Crippen molar-refractivity contribution in [2.75, 3.05) is 13.2 Å². The Hall–Kier alpha value is -3.62. The van der Waals surface area contributed by atoms with Gasteiger partial charge in [0, 0.05) is 28.2 Å². The van der Waals surface area contributed by atoms with Crippen molar-refractivity contribution in [1.29, 1.82) is 0 Å². The van der Waals surface area contributed by atoms with Gasteiger partial charge in [-0.25, -0.2) is 0 Å². The average molecular weight is 532 g/mol.